The third-order valence-electron chi connectivity index (χ3n) is 4.92. The first-order chi connectivity index (χ1) is 14.1. The Bertz CT molecular complexity index is 983. The summed E-state index contributed by atoms with van der Waals surface area (Å²) >= 11 is 6.15. The van der Waals surface area contributed by atoms with Gasteiger partial charge in [-0.1, -0.05) is 61.7 Å². The highest BCUT2D eigenvalue weighted by molar-refractivity contribution is 6.33. The molecule has 0 aliphatic carbocycles. The lowest BCUT2D eigenvalue weighted by Gasteiger charge is -2.19. The number of hydrogen-bond donors (Lipinski definition) is 3. The molecule has 6 heteroatoms. The molecule has 0 fully saturated rings. The first kappa shape index (κ1) is 20.9. The zero-order valence-electron chi connectivity index (χ0n) is 16.5. The minimum absolute atomic E-state index is 0.188. The van der Waals surface area contributed by atoms with Gasteiger partial charge in [-0.15, -0.1) is 0 Å². The molecule has 0 radical (unpaired) electrons. The van der Waals surface area contributed by atoms with Crippen molar-refractivity contribution in [1.29, 1.82) is 0 Å². The number of para-hydroxylation sites is 1. The van der Waals surface area contributed by atoms with Crippen molar-refractivity contribution in [1.82, 2.24) is 15.6 Å². The average molecular weight is 412 g/mol. The first-order valence-electron chi connectivity index (χ1n) is 9.98. The molecule has 0 aliphatic rings. The van der Waals surface area contributed by atoms with Gasteiger partial charge in [0, 0.05) is 30.1 Å². The molecule has 0 bridgehead atoms. The number of rotatable bonds is 9. The Morgan fingerprint density at radius 3 is 2.62 bits per heavy atom. The summed E-state index contributed by atoms with van der Waals surface area (Å²) in [5, 5.41) is 7.23. The van der Waals surface area contributed by atoms with Crippen LogP contribution in [0, 0.1) is 0 Å². The van der Waals surface area contributed by atoms with E-state index in [2.05, 4.69) is 22.5 Å². The molecule has 3 N–H and O–H groups in total. The second-order valence-electron chi connectivity index (χ2n) is 7.07. The van der Waals surface area contributed by atoms with Crippen LogP contribution in [0.15, 0.2) is 54.7 Å². The number of hydrogen-bond acceptors (Lipinski definition) is 2. The molecule has 0 aliphatic heterocycles. The van der Waals surface area contributed by atoms with Crippen LogP contribution < -0.4 is 10.6 Å². The van der Waals surface area contributed by atoms with Crippen LogP contribution in [0.25, 0.3) is 10.9 Å². The highest BCUT2D eigenvalue weighted by Crippen LogP contribution is 2.20. The largest absolute Gasteiger partial charge is 0.361 e. The minimum Gasteiger partial charge on any atom is -0.361 e. The quantitative estimate of drug-likeness (QED) is 0.454. The van der Waals surface area contributed by atoms with Gasteiger partial charge in [-0.3, -0.25) is 9.59 Å². The third kappa shape index (κ3) is 5.39. The summed E-state index contributed by atoms with van der Waals surface area (Å²) < 4.78 is 0. The molecule has 1 atom stereocenters. The monoisotopic (exact) mass is 411 g/mol. The zero-order valence-corrected chi connectivity index (χ0v) is 17.3. The number of H-pyrrole nitrogens is 1. The van der Waals surface area contributed by atoms with Crippen LogP contribution in [0.3, 0.4) is 0 Å². The molecule has 0 unspecified atom stereocenters. The lowest BCUT2D eigenvalue weighted by Crippen LogP contribution is -2.48. The fraction of sp³-hybridized carbons (Fsp3) is 0.304. The van der Waals surface area contributed by atoms with Crippen LogP contribution in [-0.4, -0.2) is 29.4 Å². The van der Waals surface area contributed by atoms with Gasteiger partial charge in [-0.2, -0.15) is 0 Å². The molecule has 0 spiro atoms. The van der Waals surface area contributed by atoms with Crippen molar-refractivity contribution in [2.75, 3.05) is 6.54 Å². The number of carbonyl (C=O) groups is 2. The summed E-state index contributed by atoms with van der Waals surface area (Å²) in [4.78, 5) is 28.8. The number of aromatic amines is 1. The molecular formula is C23H26ClN3O2. The second-order valence-corrected chi connectivity index (χ2v) is 7.47. The Labute approximate surface area is 175 Å². The highest BCUT2D eigenvalue weighted by Gasteiger charge is 2.23. The summed E-state index contributed by atoms with van der Waals surface area (Å²) in [7, 11) is 0. The topological polar surface area (TPSA) is 74.0 Å². The Morgan fingerprint density at radius 1 is 1.07 bits per heavy atom. The molecule has 1 aromatic heterocycles. The Hall–Kier alpha value is -2.79. The van der Waals surface area contributed by atoms with E-state index < -0.39 is 6.04 Å². The van der Waals surface area contributed by atoms with Gasteiger partial charge in [-0.25, -0.2) is 0 Å². The normalized spacial score (nSPS) is 11.9. The maximum absolute atomic E-state index is 12.9. The van der Waals surface area contributed by atoms with Crippen LogP contribution >= 0.6 is 11.6 Å². The van der Waals surface area contributed by atoms with E-state index in [-0.39, 0.29) is 11.8 Å². The lowest BCUT2D eigenvalue weighted by molar-refractivity contribution is -0.122. The molecular weight excluding hydrogens is 386 g/mol. The van der Waals surface area contributed by atoms with Crippen molar-refractivity contribution in [3.05, 3.63) is 70.9 Å². The standard InChI is InChI=1S/C23H26ClN3O2/c1-2-3-8-13-25-23(29)21(27-22(28)18-10-4-6-11-19(18)24)14-16-15-26-20-12-7-5-9-17(16)20/h4-7,9-12,15,21,26H,2-3,8,13-14H2,1H3,(H,25,29)(H,27,28)/t21-/m0/s1. The van der Waals surface area contributed by atoms with E-state index in [1.54, 1.807) is 24.3 Å². The van der Waals surface area contributed by atoms with Crippen molar-refractivity contribution in [3.8, 4) is 0 Å². The van der Waals surface area contributed by atoms with Crippen LogP contribution in [0.5, 0.6) is 0 Å². The van der Waals surface area contributed by atoms with Crippen molar-refractivity contribution in [3.63, 3.8) is 0 Å². The SMILES string of the molecule is CCCCCNC(=O)[C@H](Cc1c[nH]c2ccccc12)NC(=O)c1ccccc1Cl. The zero-order chi connectivity index (χ0) is 20.6. The molecule has 0 saturated heterocycles. The van der Waals surface area contributed by atoms with Gasteiger partial charge >= 0.3 is 0 Å². The van der Waals surface area contributed by atoms with Gasteiger partial charge in [0.25, 0.3) is 5.91 Å². The molecule has 5 nitrogen and oxygen atoms in total. The molecule has 29 heavy (non-hydrogen) atoms. The van der Waals surface area contributed by atoms with E-state index in [1.807, 2.05) is 30.5 Å². The minimum atomic E-state index is -0.695. The van der Waals surface area contributed by atoms with E-state index in [9.17, 15) is 9.59 Å². The molecule has 3 rings (SSSR count). The number of amides is 2. The lowest BCUT2D eigenvalue weighted by atomic mass is 10.0. The number of fused-ring (bicyclic) bond motifs is 1. The summed E-state index contributed by atoms with van der Waals surface area (Å²) in [6.07, 6.45) is 5.33. The van der Waals surface area contributed by atoms with Gasteiger partial charge in [0.15, 0.2) is 0 Å². The summed E-state index contributed by atoms with van der Waals surface area (Å²) in [5.74, 6) is -0.545. The molecule has 3 aromatic rings. The number of carbonyl (C=O) groups excluding carboxylic acids is 2. The van der Waals surface area contributed by atoms with E-state index in [0.717, 1.165) is 35.7 Å². The predicted octanol–water partition coefficient (Wildman–Crippen LogP) is 4.47. The second kappa shape index (κ2) is 10.1. The Morgan fingerprint density at radius 2 is 1.83 bits per heavy atom. The van der Waals surface area contributed by atoms with Crippen molar-refractivity contribution in [2.24, 2.45) is 0 Å². The highest BCUT2D eigenvalue weighted by atomic mass is 35.5. The number of unbranched alkanes of at least 4 members (excludes halogenated alkanes) is 2. The Kier molecular flexibility index (Phi) is 7.30. The van der Waals surface area contributed by atoms with Gasteiger partial charge in [0.05, 0.1) is 10.6 Å². The summed E-state index contributed by atoms with van der Waals surface area (Å²) in [6.45, 7) is 2.71. The predicted molar refractivity (Wildman–Crippen MR) is 117 cm³/mol. The summed E-state index contributed by atoms with van der Waals surface area (Å²) in [5.41, 5.74) is 2.34. The fourth-order valence-corrected chi connectivity index (χ4v) is 3.54. The van der Waals surface area contributed by atoms with E-state index in [4.69, 9.17) is 11.6 Å². The molecule has 2 amide bonds. The van der Waals surface area contributed by atoms with Gasteiger partial charge in [-0.05, 0) is 30.2 Å². The van der Waals surface area contributed by atoms with Gasteiger partial charge in [0.1, 0.15) is 6.04 Å². The van der Waals surface area contributed by atoms with Crippen molar-refractivity contribution in [2.45, 2.75) is 38.6 Å². The number of nitrogens with one attached hydrogen (secondary N) is 3. The van der Waals surface area contributed by atoms with E-state index >= 15 is 0 Å². The van der Waals surface area contributed by atoms with Crippen LogP contribution in [0.2, 0.25) is 5.02 Å². The number of halogens is 1. The molecule has 2 aromatic carbocycles. The van der Waals surface area contributed by atoms with Crippen LogP contribution in [-0.2, 0) is 11.2 Å². The number of aromatic nitrogens is 1. The average Bonchev–Trinajstić information content (AvgIpc) is 3.14. The van der Waals surface area contributed by atoms with Crippen molar-refractivity contribution >= 4 is 34.3 Å². The van der Waals surface area contributed by atoms with Gasteiger partial charge in [0.2, 0.25) is 5.91 Å². The molecule has 152 valence electrons. The maximum atomic E-state index is 12.9. The van der Waals surface area contributed by atoms with Crippen molar-refractivity contribution < 1.29 is 9.59 Å². The maximum Gasteiger partial charge on any atom is 0.253 e. The molecule has 1 heterocycles. The molecule has 0 saturated carbocycles. The third-order valence-corrected chi connectivity index (χ3v) is 5.25. The van der Waals surface area contributed by atoms with Crippen LogP contribution in [0.1, 0.15) is 42.1 Å². The van der Waals surface area contributed by atoms with Gasteiger partial charge < -0.3 is 15.6 Å². The van der Waals surface area contributed by atoms with E-state index in [0.29, 0.717) is 23.6 Å². The summed E-state index contributed by atoms with van der Waals surface area (Å²) in [6, 6.07) is 14.0. The smallest absolute Gasteiger partial charge is 0.253 e. The number of benzene rings is 2. The fourth-order valence-electron chi connectivity index (χ4n) is 3.32. The Balaban J connectivity index is 1.78. The van der Waals surface area contributed by atoms with Crippen LogP contribution in [0.4, 0.5) is 0 Å². The first-order valence-corrected chi connectivity index (χ1v) is 10.4. The van der Waals surface area contributed by atoms with E-state index in [1.165, 1.54) is 0 Å².